The van der Waals surface area contributed by atoms with Gasteiger partial charge in [-0.3, -0.25) is 14.6 Å². The van der Waals surface area contributed by atoms with Crippen molar-refractivity contribution in [1.29, 1.82) is 0 Å². The van der Waals surface area contributed by atoms with Gasteiger partial charge in [-0.25, -0.2) is 0 Å². The molecule has 0 saturated heterocycles. The van der Waals surface area contributed by atoms with E-state index in [1.165, 1.54) is 0 Å². The summed E-state index contributed by atoms with van der Waals surface area (Å²) in [6.45, 7) is 0. The lowest BCUT2D eigenvalue weighted by Crippen LogP contribution is -2.12. The van der Waals surface area contributed by atoms with Crippen LogP contribution in [0.15, 0.2) is 66.9 Å². The Morgan fingerprint density at radius 3 is 2.11 bits per heavy atom. The van der Waals surface area contributed by atoms with Crippen LogP contribution in [0.25, 0.3) is 10.9 Å². The summed E-state index contributed by atoms with van der Waals surface area (Å²) in [7, 11) is 0. The molecular formula is C22H23N3O2. The number of benzene rings is 2. The van der Waals surface area contributed by atoms with E-state index in [2.05, 4.69) is 15.6 Å². The van der Waals surface area contributed by atoms with Crippen LogP contribution in [0.4, 0.5) is 11.4 Å². The molecular weight excluding hydrogens is 338 g/mol. The number of para-hydroxylation sites is 2. The Hall–Kier alpha value is -3.21. The van der Waals surface area contributed by atoms with Crippen molar-refractivity contribution in [2.75, 3.05) is 10.6 Å². The number of nitrogens with one attached hydrogen (secondary N) is 2. The molecule has 2 amide bonds. The smallest absolute Gasteiger partial charge is 0.224 e. The highest BCUT2D eigenvalue weighted by Gasteiger charge is 2.05. The summed E-state index contributed by atoms with van der Waals surface area (Å²) in [6, 6.07) is 19.1. The van der Waals surface area contributed by atoms with Gasteiger partial charge in [0.2, 0.25) is 11.8 Å². The highest BCUT2D eigenvalue weighted by molar-refractivity contribution is 5.93. The van der Waals surface area contributed by atoms with Crippen LogP contribution < -0.4 is 10.6 Å². The molecule has 27 heavy (non-hydrogen) atoms. The first-order valence-corrected chi connectivity index (χ1v) is 9.20. The average molecular weight is 361 g/mol. The second-order valence-electron chi connectivity index (χ2n) is 6.44. The Bertz CT molecular complexity index is 910. The molecule has 0 aliphatic heterocycles. The van der Waals surface area contributed by atoms with Gasteiger partial charge in [-0.1, -0.05) is 42.8 Å². The van der Waals surface area contributed by atoms with E-state index in [0.717, 1.165) is 35.9 Å². The van der Waals surface area contributed by atoms with Gasteiger partial charge in [0.1, 0.15) is 0 Å². The monoisotopic (exact) mass is 361 g/mol. The molecule has 0 saturated carbocycles. The lowest BCUT2D eigenvalue weighted by atomic mass is 10.1. The van der Waals surface area contributed by atoms with Crippen molar-refractivity contribution in [3.63, 3.8) is 0 Å². The van der Waals surface area contributed by atoms with Gasteiger partial charge in [-0.05, 0) is 37.1 Å². The zero-order chi connectivity index (χ0) is 18.9. The van der Waals surface area contributed by atoms with E-state index in [-0.39, 0.29) is 11.8 Å². The van der Waals surface area contributed by atoms with Crippen LogP contribution in [0.1, 0.15) is 32.1 Å². The maximum absolute atomic E-state index is 12.1. The maximum atomic E-state index is 12.1. The molecule has 1 aromatic heterocycles. The first-order chi connectivity index (χ1) is 13.2. The van der Waals surface area contributed by atoms with Gasteiger partial charge < -0.3 is 10.6 Å². The fourth-order valence-corrected chi connectivity index (χ4v) is 2.86. The number of fused-ring (bicyclic) bond motifs is 1. The summed E-state index contributed by atoms with van der Waals surface area (Å²) in [4.78, 5) is 28.3. The van der Waals surface area contributed by atoms with E-state index in [0.29, 0.717) is 18.5 Å². The molecule has 138 valence electrons. The molecule has 0 fully saturated rings. The summed E-state index contributed by atoms with van der Waals surface area (Å²) in [5.74, 6) is -0.0197. The minimum Gasteiger partial charge on any atom is -0.326 e. The minimum atomic E-state index is -0.0270. The lowest BCUT2D eigenvalue weighted by molar-refractivity contribution is -0.116. The number of aromatic nitrogens is 1. The Kier molecular flexibility index (Phi) is 6.52. The Morgan fingerprint density at radius 2 is 1.37 bits per heavy atom. The molecule has 5 heteroatoms. The Labute approximate surface area is 158 Å². The molecule has 0 unspecified atom stereocenters. The van der Waals surface area contributed by atoms with Gasteiger partial charge in [-0.15, -0.1) is 0 Å². The molecule has 3 aromatic rings. The maximum Gasteiger partial charge on any atom is 0.224 e. The van der Waals surface area contributed by atoms with Crippen LogP contribution in [-0.2, 0) is 9.59 Å². The summed E-state index contributed by atoms with van der Waals surface area (Å²) in [6.07, 6.45) is 4.94. The van der Waals surface area contributed by atoms with E-state index in [1.807, 2.05) is 60.7 Å². The van der Waals surface area contributed by atoms with Gasteiger partial charge in [0.05, 0.1) is 17.4 Å². The van der Waals surface area contributed by atoms with Crippen molar-refractivity contribution < 1.29 is 9.59 Å². The van der Waals surface area contributed by atoms with Crippen molar-refractivity contribution in [3.8, 4) is 0 Å². The van der Waals surface area contributed by atoms with Crippen molar-refractivity contribution >= 4 is 34.1 Å². The molecule has 0 atom stereocenters. The second-order valence-corrected chi connectivity index (χ2v) is 6.44. The summed E-state index contributed by atoms with van der Waals surface area (Å²) in [5, 5.41) is 6.75. The topological polar surface area (TPSA) is 71.1 Å². The number of carbonyl (C=O) groups is 2. The van der Waals surface area contributed by atoms with Crippen LogP contribution in [0, 0.1) is 0 Å². The van der Waals surface area contributed by atoms with E-state index in [4.69, 9.17) is 0 Å². The van der Waals surface area contributed by atoms with Crippen molar-refractivity contribution in [2.24, 2.45) is 0 Å². The van der Waals surface area contributed by atoms with Gasteiger partial charge in [0.15, 0.2) is 0 Å². The molecule has 2 aromatic carbocycles. The van der Waals surface area contributed by atoms with E-state index < -0.39 is 0 Å². The van der Waals surface area contributed by atoms with Gasteiger partial charge in [0.25, 0.3) is 0 Å². The Morgan fingerprint density at radius 1 is 0.741 bits per heavy atom. The third kappa shape index (κ3) is 5.92. The number of amides is 2. The summed E-state index contributed by atoms with van der Waals surface area (Å²) in [5.41, 5.74) is 2.43. The lowest BCUT2D eigenvalue weighted by Gasteiger charge is -2.07. The third-order valence-electron chi connectivity index (χ3n) is 4.24. The fraction of sp³-hybridized carbons (Fsp3) is 0.227. The van der Waals surface area contributed by atoms with Crippen LogP contribution in [0.2, 0.25) is 0 Å². The standard InChI is InChI=1S/C22H23N3O2/c26-21(24-18-10-3-1-4-11-18)13-5-2-6-14-22(27)25-19-15-17-9-7-8-12-20(17)23-16-19/h1,3-4,7-12,15-16H,2,5-6,13-14H2,(H,24,26)(H,25,27). The number of unbranched alkanes of at least 4 members (excludes halogenated alkanes) is 2. The van der Waals surface area contributed by atoms with Crippen molar-refractivity contribution in [3.05, 3.63) is 66.9 Å². The van der Waals surface area contributed by atoms with Crippen LogP contribution >= 0.6 is 0 Å². The number of carbonyl (C=O) groups excluding carboxylic acids is 2. The third-order valence-corrected chi connectivity index (χ3v) is 4.24. The summed E-state index contributed by atoms with van der Waals surface area (Å²) >= 11 is 0. The van der Waals surface area contributed by atoms with Gasteiger partial charge >= 0.3 is 0 Å². The molecule has 2 N–H and O–H groups in total. The fourth-order valence-electron chi connectivity index (χ4n) is 2.86. The number of hydrogen-bond acceptors (Lipinski definition) is 3. The molecule has 5 nitrogen and oxygen atoms in total. The SMILES string of the molecule is O=C(CCCCCC(=O)Nc1cnc2ccccc2c1)Nc1ccccc1. The van der Waals surface area contributed by atoms with Gasteiger partial charge in [0, 0.05) is 23.9 Å². The quantitative estimate of drug-likeness (QED) is 0.568. The van der Waals surface area contributed by atoms with Crippen molar-refractivity contribution in [1.82, 2.24) is 4.98 Å². The van der Waals surface area contributed by atoms with Crippen LogP contribution in [0.3, 0.4) is 0 Å². The largest absolute Gasteiger partial charge is 0.326 e. The highest BCUT2D eigenvalue weighted by Crippen LogP contribution is 2.16. The van der Waals surface area contributed by atoms with E-state index in [1.54, 1.807) is 6.20 Å². The number of hydrogen-bond donors (Lipinski definition) is 2. The average Bonchev–Trinajstić information content (AvgIpc) is 2.68. The predicted octanol–water partition coefficient (Wildman–Crippen LogP) is 4.76. The first-order valence-electron chi connectivity index (χ1n) is 9.20. The highest BCUT2D eigenvalue weighted by atomic mass is 16.2. The Balaban J connectivity index is 1.34. The second kappa shape index (κ2) is 9.48. The zero-order valence-electron chi connectivity index (χ0n) is 15.2. The first kappa shape index (κ1) is 18.6. The molecule has 0 radical (unpaired) electrons. The normalized spacial score (nSPS) is 10.5. The number of rotatable bonds is 8. The number of anilines is 2. The van der Waals surface area contributed by atoms with E-state index >= 15 is 0 Å². The molecule has 1 heterocycles. The zero-order valence-corrected chi connectivity index (χ0v) is 15.2. The minimum absolute atomic E-state index is 0.00731. The molecule has 3 rings (SSSR count). The molecule has 0 aliphatic carbocycles. The molecule has 0 aliphatic rings. The molecule has 0 spiro atoms. The van der Waals surface area contributed by atoms with Crippen LogP contribution in [0.5, 0.6) is 0 Å². The van der Waals surface area contributed by atoms with Crippen molar-refractivity contribution in [2.45, 2.75) is 32.1 Å². The predicted molar refractivity (Wildman–Crippen MR) is 109 cm³/mol. The summed E-state index contributed by atoms with van der Waals surface area (Å²) < 4.78 is 0. The van der Waals surface area contributed by atoms with Crippen LogP contribution in [-0.4, -0.2) is 16.8 Å². The number of pyridine rings is 1. The van der Waals surface area contributed by atoms with E-state index in [9.17, 15) is 9.59 Å². The van der Waals surface area contributed by atoms with Gasteiger partial charge in [-0.2, -0.15) is 0 Å². The number of nitrogens with zero attached hydrogens (tertiary/aromatic N) is 1. The molecule has 0 bridgehead atoms.